The molecule has 9 heavy (non-hydrogen) atoms. The number of hydrogen-bond donors (Lipinski definition) is 1. The molecule has 0 saturated carbocycles. The summed E-state index contributed by atoms with van der Waals surface area (Å²) in [5.74, 6) is 0.317. The molecule has 48 valence electrons. The van der Waals surface area contributed by atoms with Gasteiger partial charge in [-0.1, -0.05) is 13.3 Å². The summed E-state index contributed by atoms with van der Waals surface area (Å²) in [4.78, 5) is 2.71. The van der Waals surface area contributed by atoms with Crippen LogP contribution in [-0.4, -0.2) is 4.98 Å². The van der Waals surface area contributed by atoms with Crippen molar-refractivity contribution in [1.82, 2.24) is 10.7 Å². The van der Waals surface area contributed by atoms with Crippen LogP contribution in [0.4, 0.5) is 5.82 Å². The summed E-state index contributed by atoms with van der Waals surface area (Å²) < 4.78 is 0. The Bertz CT molecular complexity index is 179. The van der Waals surface area contributed by atoms with Gasteiger partial charge < -0.3 is 4.98 Å². The molecule has 0 fully saturated rings. The molecule has 2 heteroatoms. The number of nitrogens with one attached hydrogen (secondary N) is 1. The van der Waals surface area contributed by atoms with Crippen molar-refractivity contribution in [3.63, 3.8) is 0 Å². The maximum absolute atomic E-state index is 9.03. The van der Waals surface area contributed by atoms with Crippen molar-refractivity contribution in [2.24, 2.45) is 0 Å². The van der Waals surface area contributed by atoms with Crippen LogP contribution >= 0.6 is 0 Å². The number of H-pyrrole nitrogens is 1. The molecule has 1 aromatic rings. The van der Waals surface area contributed by atoms with E-state index in [-0.39, 0.29) is 0 Å². The lowest BCUT2D eigenvalue weighted by atomic mass is 10.2. The van der Waals surface area contributed by atoms with Gasteiger partial charge in [-0.05, 0) is 18.1 Å². The smallest absolute Gasteiger partial charge is 0.155 e. The standard InChI is InChI=1S/C7H10N2/c1-2-3-6-4-5-9-7(6)8/h4-5,9H,2-3H2,1H3. The van der Waals surface area contributed by atoms with Crippen molar-refractivity contribution < 1.29 is 0 Å². The lowest BCUT2D eigenvalue weighted by Gasteiger charge is -1.90. The monoisotopic (exact) mass is 122 g/mol. The maximum atomic E-state index is 9.03. The topological polar surface area (TPSA) is 38.1 Å². The highest BCUT2D eigenvalue weighted by Gasteiger charge is 1.97. The summed E-state index contributed by atoms with van der Waals surface area (Å²) in [7, 11) is 0. The van der Waals surface area contributed by atoms with E-state index in [0.29, 0.717) is 5.82 Å². The van der Waals surface area contributed by atoms with Crippen LogP contribution in [0.15, 0.2) is 12.3 Å². The van der Waals surface area contributed by atoms with E-state index in [2.05, 4.69) is 11.9 Å². The molecule has 1 aromatic heterocycles. The van der Waals surface area contributed by atoms with Gasteiger partial charge in [-0.15, -0.1) is 5.73 Å². The molecule has 1 heterocycles. The molecule has 2 radical (unpaired) electrons. The Labute approximate surface area is 55.1 Å². The second-order valence-electron chi connectivity index (χ2n) is 2.10. The molecule has 1 rings (SSSR count). The van der Waals surface area contributed by atoms with E-state index in [0.717, 1.165) is 18.4 Å². The van der Waals surface area contributed by atoms with Crippen LogP contribution in [-0.2, 0) is 6.42 Å². The third-order valence-corrected chi connectivity index (χ3v) is 1.33. The van der Waals surface area contributed by atoms with Gasteiger partial charge in [-0.2, -0.15) is 0 Å². The Balaban J connectivity index is 2.69. The Morgan fingerprint density at radius 1 is 1.67 bits per heavy atom. The predicted octanol–water partition coefficient (Wildman–Crippen LogP) is 1.67. The van der Waals surface area contributed by atoms with Gasteiger partial charge in [-0.25, -0.2) is 0 Å². The molecule has 2 nitrogen and oxygen atoms in total. The maximum Gasteiger partial charge on any atom is 0.155 e. The average Bonchev–Trinajstić information content (AvgIpc) is 2.18. The molecule has 0 amide bonds. The Kier molecular flexibility index (Phi) is 1.78. The third-order valence-electron chi connectivity index (χ3n) is 1.33. The fraction of sp³-hybridized carbons (Fsp3) is 0.429. The lowest BCUT2D eigenvalue weighted by molar-refractivity contribution is 0.922. The van der Waals surface area contributed by atoms with E-state index in [9.17, 15) is 0 Å². The van der Waals surface area contributed by atoms with Crippen LogP contribution in [0.25, 0.3) is 0 Å². The van der Waals surface area contributed by atoms with Gasteiger partial charge in [0.05, 0.1) is 0 Å². The number of hydrogen-bond acceptors (Lipinski definition) is 0. The summed E-state index contributed by atoms with van der Waals surface area (Å²) in [6.07, 6.45) is 3.78. The average molecular weight is 122 g/mol. The van der Waals surface area contributed by atoms with Crippen molar-refractivity contribution >= 4 is 5.82 Å². The van der Waals surface area contributed by atoms with Gasteiger partial charge in [-0.3, -0.25) is 0 Å². The van der Waals surface area contributed by atoms with Crippen LogP contribution in [0.1, 0.15) is 18.9 Å². The minimum Gasteiger partial charge on any atom is -0.345 e. The summed E-state index contributed by atoms with van der Waals surface area (Å²) in [5, 5.41) is 0. The minimum atomic E-state index is 0.317. The SMILES string of the molecule is CCCc1cc[nH]c1[N]. The number of aromatic nitrogens is 1. The first-order valence-electron chi connectivity index (χ1n) is 3.19. The van der Waals surface area contributed by atoms with Crippen molar-refractivity contribution in [3.05, 3.63) is 17.8 Å². The number of aromatic amines is 1. The molecule has 0 spiro atoms. The normalized spacial score (nSPS) is 9.89. The molecule has 0 aromatic carbocycles. The van der Waals surface area contributed by atoms with E-state index in [4.69, 9.17) is 5.73 Å². The van der Waals surface area contributed by atoms with E-state index in [1.807, 2.05) is 6.07 Å². The highest BCUT2D eigenvalue weighted by molar-refractivity contribution is 5.35. The molecule has 0 saturated heterocycles. The quantitative estimate of drug-likeness (QED) is 0.619. The summed E-state index contributed by atoms with van der Waals surface area (Å²) in [6, 6.07) is 1.90. The second kappa shape index (κ2) is 2.58. The largest absolute Gasteiger partial charge is 0.345 e. The molecule has 1 N–H and O–H groups in total. The molecule has 0 bridgehead atoms. The van der Waals surface area contributed by atoms with E-state index in [1.54, 1.807) is 6.20 Å². The third kappa shape index (κ3) is 1.25. The molecule has 0 atom stereocenters. The van der Waals surface area contributed by atoms with Crippen molar-refractivity contribution in [2.45, 2.75) is 19.8 Å². The highest BCUT2D eigenvalue weighted by Crippen LogP contribution is 2.11. The van der Waals surface area contributed by atoms with Crippen molar-refractivity contribution in [3.8, 4) is 0 Å². The minimum absolute atomic E-state index is 0.317. The first-order chi connectivity index (χ1) is 4.34. The molecular weight excluding hydrogens is 112 g/mol. The van der Waals surface area contributed by atoms with Crippen LogP contribution in [0, 0.1) is 0 Å². The Morgan fingerprint density at radius 3 is 2.89 bits per heavy atom. The van der Waals surface area contributed by atoms with Crippen LogP contribution in [0.2, 0.25) is 0 Å². The first kappa shape index (κ1) is 6.20. The van der Waals surface area contributed by atoms with Gasteiger partial charge >= 0.3 is 0 Å². The number of nitrogens with zero attached hydrogens (tertiary/aromatic N) is 1. The zero-order valence-electron chi connectivity index (χ0n) is 5.52. The summed E-state index contributed by atoms with van der Waals surface area (Å²) in [5.41, 5.74) is 10.0. The van der Waals surface area contributed by atoms with Crippen molar-refractivity contribution in [1.29, 1.82) is 0 Å². The zero-order chi connectivity index (χ0) is 6.69. The predicted molar refractivity (Wildman–Crippen MR) is 36.6 cm³/mol. The second-order valence-corrected chi connectivity index (χ2v) is 2.10. The van der Waals surface area contributed by atoms with Gasteiger partial charge in [0.1, 0.15) is 0 Å². The van der Waals surface area contributed by atoms with Crippen LogP contribution in [0.3, 0.4) is 0 Å². The summed E-state index contributed by atoms with van der Waals surface area (Å²) in [6.45, 7) is 2.09. The van der Waals surface area contributed by atoms with Gasteiger partial charge in [0.15, 0.2) is 5.82 Å². The van der Waals surface area contributed by atoms with E-state index < -0.39 is 0 Å². The molecule has 0 unspecified atom stereocenters. The first-order valence-corrected chi connectivity index (χ1v) is 3.19. The van der Waals surface area contributed by atoms with Gasteiger partial charge in [0.25, 0.3) is 0 Å². The van der Waals surface area contributed by atoms with Crippen LogP contribution in [0.5, 0.6) is 0 Å². The van der Waals surface area contributed by atoms with Crippen LogP contribution < -0.4 is 5.73 Å². The zero-order valence-corrected chi connectivity index (χ0v) is 5.52. The fourth-order valence-electron chi connectivity index (χ4n) is 0.864. The lowest BCUT2D eigenvalue weighted by Crippen LogP contribution is -1.80. The fourth-order valence-corrected chi connectivity index (χ4v) is 0.864. The van der Waals surface area contributed by atoms with E-state index >= 15 is 0 Å². The van der Waals surface area contributed by atoms with Gasteiger partial charge in [0.2, 0.25) is 0 Å². The Morgan fingerprint density at radius 2 is 2.44 bits per heavy atom. The molecule has 0 aliphatic carbocycles. The number of aryl methyl sites for hydroxylation is 1. The molecule has 0 aliphatic rings. The summed E-state index contributed by atoms with van der Waals surface area (Å²) >= 11 is 0. The van der Waals surface area contributed by atoms with Crippen molar-refractivity contribution in [2.75, 3.05) is 0 Å². The highest BCUT2D eigenvalue weighted by atomic mass is 14.8. The number of rotatable bonds is 2. The molecular formula is C7H10N2. The van der Waals surface area contributed by atoms with E-state index in [1.165, 1.54) is 0 Å². The van der Waals surface area contributed by atoms with Gasteiger partial charge in [0, 0.05) is 6.20 Å². The molecule has 0 aliphatic heterocycles. The Hall–Kier alpha value is -0.920.